The van der Waals surface area contributed by atoms with Gasteiger partial charge in [-0.3, -0.25) is 4.79 Å². The average molecular weight is 350 g/mol. The van der Waals surface area contributed by atoms with Crippen LogP contribution in [-0.4, -0.2) is 22.5 Å². The van der Waals surface area contributed by atoms with Gasteiger partial charge in [-0.1, -0.05) is 33.2 Å². The van der Waals surface area contributed by atoms with E-state index >= 15 is 0 Å². The third-order valence-corrected chi connectivity index (χ3v) is 3.73. The Kier molecular flexibility index (Phi) is 4.18. The molecule has 0 aliphatic heterocycles. The summed E-state index contributed by atoms with van der Waals surface area (Å²) in [7, 11) is 0. The Hall–Kier alpha value is -2.08. The molecule has 0 spiro atoms. The third kappa shape index (κ3) is 3.33. The van der Waals surface area contributed by atoms with Crippen molar-refractivity contribution in [3.8, 4) is 0 Å². The van der Waals surface area contributed by atoms with Crippen LogP contribution in [0.2, 0.25) is 0 Å². The standard InChI is InChI=1S/C15H16BrN3O2/c1-15(2,14(17)19-21)18-13(20)11-4-3-10-8-12(16)6-5-9(10)7-11/h3-8,21H,1-2H3,(H2,17,19)(H,18,20). The number of amides is 1. The first-order valence-corrected chi connectivity index (χ1v) is 7.12. The van der Waals surface area contributed by atoms with Gasteiger partial charge in [0.2, 0.25) is 0 Å². The zero-order valence-electron chi connectivity index (χ0n) is 11.7. The molecule has 0 bridgehead atoms. The number of carbonyl (C=O) groups excluding carboxylic acids is 1. The van der Waals surface area contributed by atoms with E-state index in [0.29, 0.717) is 5.56 Å². The molecule has 0 atom stereocenters. The van der Waals surface area contributed by atoms with Crippen LogP contribution < -0.4 is 11.1 Å². The predicted octanol–water partition coefficient (Wildman–Crippen LogP) is 2.86. The maximum Gasteiger partial charge on any atom is 0.252 e. The summed E-state index contributed by atoms with van der Waals surface area (Å²) >= 11 is 3.41. The van der Waals surface area contributed by atoms with Gasteiger partial charge in [0.1, 0.15) is 0 Å². The molecule has 6 heteroatoms. The van der Waals surface area contributed by atoms with E-state index in [1.807, 2.05) is 24.3 Å². The molecule has 0 heterocycles. The lowest BCUT2D eigenvalue weighted by atomic mass is 10.0. The smallest absolute Gasteiger partial charge is 0.252 e. The molecular formula is C15H16BrN3O2. The van der Waals surface area contributed by atoms with Crippen LogP contribution in [0.15, 0.2) is 46.0 Å². The highest BCUT2D eigenvalue weighted by Gasteiger charge is 2.26. The second-order valence-electron chi connectivity index (χ2n) is 5.27. The minimum Gasteiger partial charge on any atom is -0.409 e. The largest absolute Gasteiger partial charge is 0.409 e. The molecule has 0 radical (unpaired) electrons. The van der Waals surface area contributed by atoms with E-state index in [9.17, 15) is 4.79 Å². The molecule has 2 aromatic carbocycles. The lowest BCUT2D eigenvalue weighted by Crippen LogP contribution is -2.53. The summed E-state index contributed by atoms with van der Waals surface area (Å²) in [6, 6.07) is 11.3. The summed E-state index contributed by atoms with van der Waals surface area (Å²) in [5, 5.41) is 16.4. The zero-order valence-corrected chi connectivity index (χ0v) is 13.3. The first-order chi connectivity index (χ1) is 9.83. The lowest BCUT2D eigenvalue weighted by molar-refractivity contribution is 0.0931. The maximum absolute atomic E-state index is 12.3. The van der Waals surface area contributed by atoms with Gasteiger partial charge in [-0.15, -0.1) is 0 Å². The van der Waals surface area contributed by atoms with Gasteiger partial charge < -0.3 is 16.3 Å². The highest BCUT2D eigenvalue weighted by Crippen LogP contribution is 2.21. The number of carbonyl (C=O) groups is 1. The van der Waals surface area contributed by atoms with Gasteiger partial charge in [-0.2, -0.15) is 0 Å². The van der Waals surface area contributed by atoms with Gasteiger partial charge in [0.05, 0.1) is 5.54 Å². The van der Waals surface area contributed by atoms with Crippen LogP contribution in [0.25, 0.3) is 10.8 Å². The Labute approximate surface area is 131 Å². The van der Waals surface area contributed by atoms with Crippen LogP contribution in [0.5, 0.6) is 0 Å². The number of nitrogens with zero attached hydrogens (tertiary/aromatic N) is 1. The minimum absolute atomic E-state index is 0.0550. The Morgan fingerprint density at radius 2 is 1.86 bits per heavy atom. The SMILES string of the molecule is CC(C)(NC(=O)c1ccc2cc(Br)ccc2c1)/C(N)=N/O. The second kappa shape index (κ2) is 5.73. The summed E-state index contributed by atoms with van der Waals surface area (Å²) in [4.78, 5) is 12.3. The lowest BCUT2D eigenvalue weighted by Gasteiger charge is -2.24. The topological polar surface area (TPSA) is 87.7 Å². The third-order valence-electron chi connectivity index (χ3n) is 3.24. The zero-order chi connectivity index (χ0) is 15.6. The molecule has 0 saturated carbocycles. The van der Waals surface area contributed by atoms with Crippen LogP contribution >= 0.6 is 15.9 Å². The number of benzene rings is 2. The number of rotatable bonds is 3. The molecule has 2 rings (SSSR count). The molecule has 2 aromatic rings. The van der Waals surface area contributed by atoms with E-state index in [1.165, 1.54) is 0 Å². The summed E-state index contributed by atoms with van der Waals surface area (Å²) < 4.78 is 0.986. The minimum atomic E-state index is -0.930. The van der Waals surface area contributed by atoms with Crippen molar-refractivity contribution in [2.24, 2.45) is 10.9 Å². The van der Waals surface area contributed by atoms with E-state index < -0.39 is 5.54 Å². The number of fused-ring (bicyclic) bond motifs is 1. The van der Waals surface area contributed by atoms with Crippen LogP contribution in [0, 0.1) is 0 Å². The molecule has 0 saturated heterocycles. The van der Waals surface area contributed by atoms with Crippen LogP contribution in [0.4, 0.5) is 0 Å². The highest BCUT2D eigenvalue weighted by atomic mass is 79.9. The number of amidine groups is 1. The van der Waals surface area contributed by atoms with E-state index in [2.05, 4.69) is 26.4 Å². The van der Waals surface area contributed by atoms with Crippen molar-refractivity contribution in [1.29, 1.82) is 0 Å². The molecule has 5 nitrogen and oxygen atoms in total. The van der Waals surface area contributed by atoms with E-state index in [0.717, 1.165) is 15.2 Å². The van der Waals surface area contributed by atoms with Crippen molar-refractivity contribution in [3.63, 3.8) is 0 Å². The normalized spacial score (nSPS) is 12.4. The van der Waals surface area contributed by atoms with Crippen LogP contribution in [-0.2, 0) is 0 Å². The molecule has 0 aromatic heterocycles. The van der Waals surface area contributed by atoms with Gasteiger partial charge in [-0.05, 0) is 48.9 Å². The van der Waals surface area contributed by atoms with Crippen molar-refractivity contribution in [2.45, 2.75) is 19.4 Å². The summed E-state index contributed by atoms with van der Waals surface area (Å²) in [6.07, 6.45) is 0. The fourth-order valence-electron chi connectivity index (χ4n) is 1.90. The fourth-order valence-corrected chi connectivity index (χ4v) is 2.28. The number of nitrogens with one attached hydrogen (secondary N) is 1. The van der Waals surface area contributed by atoms with Crippen LogP contribution in [0.1, 0.15) is 24.2 Å². The van der Waals surface area contributed by atoms with Gasteiger partial charge in [-0.25, -0.2) is 0 Å². The molecule has 0 aliphatic carbocycles. The Morgan fingerprint density at radius 1 is 1.24 bits per heavy atom. The maximum atomic E-state index is 12.3. The molecule has 110 valence electrons. The Morgan fingerprint density at radius 3 is 2.52 bits per heavy atom. The van der Waals surface area contributed by atoms with E-state index in [1.54, 1.807) is 26.0 Å². The molecule has 0 unspecified atom stereocenters. The van der Waals surface area contributed by atoms with Crippen molar-refractivity contribution in [1.82, 2.24) is 5.32 Å². The Bertz CT molecular complexity index is 726. The van der Waals surface area contributed by atoms with Crippen molar-refractivity contribution >= 4 is 38.4 Å². The quantitative estimate of drug-likeness (QED) is 0.344. The van der Waals surface area contributed by atoms with Crippen molar-refractivity contribution < 1.29 is 10.0 Å². The predicted molar refractivity (Wildman–Crippen MR) is 86.6 cm³/mol. The monoisotopic (exact) mass is 349 g/mol. The number of nitrogens with two attached hydrogens (primary N) is 1. The highest BCUT2D eigenvalue weighted by molar-refractivity contribution is 9.10. The van der Waals surface area contributed by atoms with E-state index in [4.69, 9.17) is 10.9 Å². The van der Waals surface area contributed by atoms with Crippen molar-refractivity contribution in [2.75, 3.05) is 0 Å². The average Bonchev–Trinajstić information content (AvgIpc) is 2.45. The molecule has 4 N–H and O–H groups in total. The number of halogens is 1. The van der Waals surface area contributed by atoms with Gasteiger partial charge in [0.15, 0.2) is 5.84 Å². The number of hydrogen-bond donors (Lipinski definition) is 3. The number of hydrogen-bond acceptors (Lipinski definition) is 3. The van der Waals surface area contributed by atoms with Gasteiger partial charge in [0.25, 0.3) is 5.91 Å². The van der Waals surface area contributed by atoms with Gasteiger partial charge >= 0.3 is 0 Å². The number of oxime groups is 1. The second-order valence-corrected chi connectivity index (χ2v) is 6.19. The molecule has 0 aliphatic rings. The van der Waals surface area contributed by atoms with Gasteiger partial charge in [0, 0.05) is 10.0 Å². The molecular weight excluding hydrogens is 334 g/mol. The summed E-state index contributed by atoms with van der Waals surface area (Å²) in [5.41, 5.74) is 5.15. The molecule has 21 heavy (non-hydrogen) atoms. The van der Waals surface area contributed by atoms with E-state index in [-0.39, 0.29) is 11.7 Å². The first kappa shape index (κ1) is 15.3. The molecule has 1 amide bonds. The summed E-state index contributed by atoms with van der Waals surface area (Å²) in [6.45, 7) is 3.33. The van der Waals surface area contributed by atoms with Crippen molar-refractivity contribution in [3.05, 3.63) is 46.4 Å². The summed E-state index contributed by atoms with van der Waals surface area (Å²) in [5.74, 6) is -0.336. The van der Waals surface area contributed by atoms with Crippen LogP contribution in [0.3, 0.4) is 0 Å². The fraction of sp³-hybridized carbons (Fsp3) is 0.200. The Balaban J connectivity index is 2.30. The first-order valence-electron chi connectivity index (χ1n) is 6.33. The molecule has 0 fully saturated rings.